The van der Waals surface area contributed by atoms with Gasteiger partial charge in [-0.05, 0) is 43.7 Å². The smallest absolute Gasteiger partial charge is 0.347 e. The van der Waals surface area contributed by atoms with Crippen LogP contribution < -0.4 is 0 Å². The monoisotopic (exact) mass is 339 g/mol. The highest BCUT2D eigenvalue weighted by molar-refractivity contribution is 6.05. The second-order valence-corrected chi connectivity index (χ2v) is 7.15. The predicted molar refractivity (Wildman–Crippen MR) is 92.3 cm³/mol. The van der Waals surface area contributed by atoms with E-state index in [1.807, 2.05) is 24.3 Å². The minimum absolute atomic E-state index is 0.214. The van der Waals surface area contributed by atoms with E-state index in [1.54, 1.807) is 6.92 Å². The van der Waals surface area contributed by atoms with Gasteiger partial charge in [-0.2, -0.15) is 0 Å². The van der Waals surface area contributed by atoms with E-state index in [0.29, 0.717) is 17.9 Å². The van der Waals surface area contributed by atoms with Gasteiger partial charge in [0.2, 0.25) is 6.10 Å². The van der Waals surface area contributed by atoms with Crippen LogP contribution in [-0.2, 0) is 27.1 Å². The Kier molecular flexibility index (Phi) is 3.94. The lowest BCUT2D eigenvalue weighted by atomic mass is 9.84. The van der Waals surface area contributed by atoms with Gasteiger partial charge < -0.3 is 9.47 Å². The summed E-state index contributed by atoms with van der Waals surface area (Å²) in [5, 5.41) is 0.791. The van der Waals surface area contributed by atoms with Crippen molar-refractivity contribution in [3.8, 4) is 0 Å². The minimum atomic E-state index is -0.814. The zero-order chi connectivity index (χ0) is 17.6. The molecule has 1 saturated heterocycles. The number of aromatic nitrogens is 1. The molecule has 0 spiro atoms. The Morgan fingerprint density at radius 2 is 2.08 bits per heavy atom. The van der Waals surface area contributed by atoms with Crippen LogP contribution >= 0.6 is 0 Å². The molecule has 3 atom stereocenters. The van der Waals surface area contributed by atoms with Gasteiger partial charge in [-0.25, -0.2) is 9.59 Å². The first-order valence-corrected chi connectivity index (χ1v) is 8.85. The lowest BCUT2D eigenvalue weighted by molar-refractivity contribution is -0.147. The summed E-state index contributed by atoms with van der Waals surface area (Å²) in [4.78, 5) is 29.6. The fraction of sp³-hybridized carbons (Fsp3) is 0.450. The van der Waals surface area contributed by atoms with Crippen molar-refractivity contribution in [1.29, 1.82) is 0 Å². The number of para-hydroxylation sites is 1. The second-order valence-electron chi connectivity index (χ2n) is 7.15. The molecule has 0 bridgehead atoms. The molecule has 0 N–H and O–H groups in total. The molecular weight excluding hydrogens is 318 g/mol. The van der Waals surface area contributed by atoms with Crippen LogP contribution in [0, 0.1) is 5.92 Å². The third kappa shape index (κ3) is 2.88. The Labute approximate surface area is 146 Å². The van der Waals surface area contributed by atoms with Gasteiger partial charge >= 0.3 is 11.9 Å². The number of carbonyl (C=O) groups excluding carboxylic acids is 2. The summed E-state index contributed by atoms with van der Waals surface area (Å²) in [5.74, 6) is -0.403. The van der Waals surface area contributed by atoms with Crippen molar-refractivity contribution in [3.05, 3.63) is 41.1 Å². The predicted octanol–water partition coefficient (Wildman–Crippen LogP) is 3.22. The van der Waals surface area contributed by atoms with E-state index >= 15 is 0 Å². The Balaban J connectivity index is 1.78. The number of fused-ring (bicyclic) bond motifs is 2. The highest BCUT2D eigenvalue weighted by Gasteiger charge is 2.36. The van der Waals surface area contributed by atoms with Crippen molar-refractivity contribution in [2.75, 3.05) is 0 Å². The number of pyridine rings is 1. The SMILES string of the molecule is C[C@@H]1CCc2nc3ccccc3c(C(=O)O[C@H]3C[C@H](C)OC3=O)c2C1. The van der Waals surface area contributed by atoms with E-state index in [4.69, 9.17) is 14.5 Å². The zero-order valence-electron chi connectivity index (χ0n) is 14.5. The maximum Gasteiger partial charge on any atom is 0.347 e. The Hall–Kier alpha value is -2.43. The van der Waals surface area contributed by atoms with Gasteiger partial charge in [0.25, 0.3) is 0 Å². The summed E-state index contributed by atoms with van der Waals surface area (Å²) >= 11 is 0. The normalized spacial score (nSPS) is 25.5. The van der Waals surface area contributed by atoms with Crippen LogP contribution in [0.25, 0.3) is 10.9 Å². The molecule has 130 valence electrons. The number of hydrogen-bond acceptors (Lipinski definition) is 5. The number of nitrogens with zero attached hydrogens (tertiary/aromatic N) is 1. The molecule has 2 aromatic rings. The van der Waals surface area contributed by atoms with E-state index in [1.165, 1.54) is 0 Å². The maximum atomic E-state index is 13.0. The van der Waals surface area contributed by atoms with Gasteiger partial charge in [0.15, 0.2) is 0 Å². The fourth-order valence-corrected chi connectivity index (χ4v) is 3.80. The molecule has 0 saturated carbocycles. The largest absolute Gasteiger partial charge is 0.460 e. The molecule has 2 aliphatic rings. The molecular formula is C20H21NO4. The first-order chi connectivity index (χ1) is 12.0. The lowest BCUT2D eigenvalue weighted by Crippen LogP contribution is -2.25. The van der Waals surface area contributed by atoms with Crippen LogP contribution in [0.1, 0.15) is 48.3 Å². The van der Waals surface area contributed by atoms with Gasteiger partial charge in [0.05, 0.1) is 11.1 Å². The standard InChI is InChI=1S/C20H21NO4/c1-11-7-8-16-14(9-11)18(13-5-3-4-6-15(13)21-16)20(23)25-17-10-12(2)24-19(17)22/h3-6,11-12,17H,7-10H2,1-2H3/t11-,12+,17+/m1/s1. The van der Waals surface area contributed by atoms with E-state index in [9.17, 15) is 9.59 Å². The third-order valence-corrected chi connectivity index (χ3v) is 5.09. The van der Waals surface area contributed by atoms with Crippen molar-refractivity contribution in [1.82, 2.24) is 4.98 Å². The number of ether oxygens (including phenoxy) is 2. The first kappa shape index (κ1) is 16.1. The quantitative estimate of drug-likeness (QED) is 0.786. The number of carbonyl (C=O) groups is 2. The Bertz CT molecular complexity index is 860. The molecule has 2 heterocycles. The van der Waals surface area contributed by atoms with Crippen molar-refractivity contribution < 1.29 is 19.1 Å². The third-order valence-electron chi connectivity index (χ3n) is 5.09. The molecule has 1 aliphatic carbocycles. The molecule has 1 fully saturated rings. The van der Waals surface area contributed by atoms with Crippen LogP contribution in [0.5, 0.6) is 0 Å². The first-order valence-electron chi connectivity index (χ1n) is 8.85. The van der Waals surface area contributed by atoms with Gasteiger partial charge in [-0.1, -0.05) is 25.1 Å². The summed E-state index contributed by atoms with van der Waals surface area (Å²) in [7, 11) is 0. The molecule has 5 heteroatoms. The average molecular weight is 339 g/mol. The number of benzene rings is 1. The van der Waals surface area contributed by atoms with E-state index < -0.39 is 18.0 Å². The summed E-state index contributed by atoms with van der Waals surface area (Å²) in [5.41, 5.74) is 3.32. The number of esters is 2. The minimum Gasteiger partial charge on any atom is -0.460 e. The van der Waals surface area contributed by atoms with E-state index in [0.717, 1.165) is 41.4 Å². The van der Waals surface area contributed by atoms with Crippen LogP contribution in [0.2, 0.25) is 0 Å². The Morgan fingerprint density at radius 3 is 2.84 bits per heavy atom. The molecule has 25 heavy (non-hydrogen) atoms. The highest BCUT2D eigenvalue weighted by atomic mass is 16.6. The van der Waals surface area contributed by atoms with Crippen LogP contribution in [-0.4, -0.2) is 29.1 Å². The Morgan fingerprint density at radius 1 is 1.28 bits per heavy atom. The molecule has 1 aliphatic heterocycles. The van der Waals surface area contributed by atoms with Crippen LogP contribution in [0.3, 0.4) is 0 Å². The summed E-state index contributed by atoms with van der Waals surface area (Å²) < 4.78 is 10.6. The molecule has 0 unspecified atom stereocenters. The van der Waals surface area contributed by atoms with Gasteiger partial charge in [-0.15, -0.1) is 0 Å². The van der Waals surface area contributed by atoms with Gasteiger partial charge in [0.1, 0.15) is 6.10 Å². The highest BCUT2D eigenvalue weighted by Crippen LogP contribution is 2.32. The number of hydrogen-bond donors (Lipinski definition) is 0. The molecule has 5 nitrogen and oxygen atoms in total. The second kappa shape index (κ2) is 6.14. The molecule has 1 aromatic heterocycles. The van der Waals surface area contributed by atoms with Crippen LogP contribution in [0.15, 0.2) is 24.3 Å². The van der Waals surface area contributed by atoms with Crippen molar-refractivity contribution in [2.24, 2.45) is 5.92 Å². The van der Waals surface area contributed by atoms with Crippen LogP contribution in [0.4, 0.5) is 0 Å². The molecule has 4 rings (SSSR count). The topological polar surface area (TPSA) is 65.5 Å². The summed E-state index contributed by atoms with van der Waals surface area (Å²) in [6, 6.07) is 7.62. The fourth-order valence-electron chi connectivity index (χ4n) is 3.80. The van der Waals surface area contributed by atoms with Crippen molar-refractivity contribution in [3.63, 3.8) is 0 Å². The maximum absolute atomic E-state index is 13.0. The van der Waals surface area contributed by atoms with E-state index in [-0.39, 0.29) is 6.10 Å². The van der Waals surface area contributed by atoms with Crippen molar-refractivity contribution >= 4 is 22.8 Å². The van der Waals surface area contributed by atoms with Crippen molar-refractivity contribution in [2.45, 2.75) is 51.7 Å². The summed E-state index contributed by atoms with van der Waals surface area (Å²) in [6.45, 7) is 3.99. The number of aryl methyl sites for hydroxylation is 1. The molecule has 0 radical (unpaired) electrons. The number of rotatable bonds is 2. The molecule has 0 amide bonds. The van der Waals surface area contributed by atoms with Gasteiger partial charge in [-0.3, -0.25) is 4.98 Å². The lowest BCUT2D eigenvalue weighted by Gasteiger charge is -2.24. The number of cyclic esters (lactones) is 1. The van der Waals surface area contributed by atoms with E-state index in [2.05, 4.69) is 6.92 Å². The zero-order valence-corrected chi connectivity index (χ0v) is 14.5. The average Bonchev–Trinajstić information content (AvgIpc) is 2.89. The molecule has 1 aromatic carbocycles. The van der Waals surface area contributed by atoms with Gasteiger partial charge in [0, 0.05) is 17.5 Å². The summed E-state index contributed by atoms with van der Waals surface area (Å²) in [6.07, 6.45) is 2.12.